The quantitative estimate of drug-likeness (QED) is 0.592. The van der Waals surface area contributed by atoms with Gasteiger partial charge in [-0.2, -0.15) is 0 Å². The van der Waals surface area contributed by atoms with Crippen LogP contribution in [-0.4, -0.2) is 35.5 Å². The van der Waals surface area contributed by atoms with Crippen LogP contribution < -0.4 is 15.0 Å². The number of nitrogens with zero attached hydrogens (tertiary/aromatic N) is 3. The Balaban J connectivity index is 1.64. The molecular weight excluding hydrogens is 380 g/mol. The van der Waals surface area contributed by atoms with E-state index in [1.54, 1.807) is 19.1 Å². The molecule has 8 heteroatoms. The fraction of sp³-hybridized carbons (Fsp3) is 0.211. The second kappa shape index (κ2) is 8.88. The summed E-state index contributed by atoms with van der Waals surface area (Å²) in [6.45, 7) is 1.88. The Kier molecular flexibility index (Phi) is 6.31. The summed E-state index contributed by atoms with van der Waals surface area (Å²) in [6, 6.07) is 17.2. The van der Waals surface area contributed by atoms with E-state index in [1.165, 1.54) is 23.1 Å². The second-order valence-electron chi connectivity index (χ2n) is 5.69. The average molecular weight is 401 g/mol. The number of hydrogen-bond acceptors (Lipinski definition) is 7. The Hall–Kier alpha value is -2.58. The Morgan fingerprint density at radius 2 is 1.85 bits per heavy atom. The summed E-state index contributed by atoms with van der Waals surface area (Å²) in [5, 5.41) is 11.9. The molecule has 6 nitrogen and oxygen atoms in total. The number of ether oxygens (including phenoxy) is 1. The van der Waals surface area contributed by atoms with Crippen LogP contribution in [0.3, 0.4) is 0 Å². The number of para-hydroxylation sites is 3. The van der Waals surface area contributed by atoms with Crippen molar-refractivity contribution in [1.29, 1.82) is 0 Å². The van der Waals surface area contributed by atoms with Gasteiger partial charge in [0.2, 0.25) is 11.0 Å². The molecule has 1 atom stereocenters. The van der Waals surface area contributed by atoms with E-state index in [2.05, 4.69) is 15.5 Å². The number of anilines is 3. The van der Waals surface area contributed by atoms with Gasteiger partial charge in [0.25, 0.3) is 0 Å². The van der Waals surface area contributed by atoms with Gasteiger partial charge in [0.05, 0.1) is 18.0 Å². The monoisotopic (exact) mass is 400 g/mol. The molecule has 0 bridgehead atoms. The van der Waals surface area contributed by atoms with Crippen LogP contribution in [-0.2, 0) is 4.79 Å². The summed E-state index contributed by atoms with van der Waals surface area (Å²) >= 11 is 2.80. The number of carbonyl (C=O) groups excluding carboxylic acids is 1. The van der Waals surface area contributed by atoms with Crippen LogP contribution in [0.4, 0.5) is 16.5 Å². The van der Waals surface area contributed by atoms with Crippen molar-refractivity contribution in [3.8, 4) is 5.75 Å². The van der Waals surface area contributed by atoms with Gasteiger partial charge >= 0.3 is 0 Å². The number of aromatic nitrogens is 2. The van der Waals surface area contributed by atoms with E-state index in [0.717, 1.165) is 21.5 Å². The summed E-state index contributed by atoms with van der Waals surface area (Å²) in [6.07, 6.45) is 0. The molecule has 1 heterocycles. The van der Waals surface area contributed by atoms with Gasteiger partial charge in [-0.25, -0.2) is 0 Å². The lowest BCUT2D eigenvalue weighted by Gasteiger charge is -2.20. The highest BCUT2D eigenvalue weighted by molar-refractivity contribution is 8.02. The van der Waals surface area contributed by atoms with E-state index in [4.69, 9.17) is 4.74 Å². The minimum atomic E-state index is -0.276. The first-order valence-electron chi connectivity index (χ1n) is 8.31. The first-order valence-corrected chi connectivity index (χ1v) is 10.0. The molecule has 27 heavy (non-hydrogen) atoms. The smallest absolute Gasteiger partial charge is 0.240 e. The molecule has 0 radical (unpaired) electrons. The highest BCUT2D eigenvalue weighted by Gasteiger charge is 2.21. The number of methoxy groups -OCH3 is 1. The number of benzene rings is 2. The topological polar surface area (TPSA) is 67.3 Å². The zero-order valence-electron chi connectivity index (χ0n) is 15.2. The normalized spacial score (nSPS) is 11.7. The van der Waals surface area contributed by atoms with Crippen molar-refractivity contribution < 1.29 is 9.53 Å². The van der Waals surface area contributed by atoms with Crippen LogP contribution >= 0.6 is 23.1 Å². The van der Waals surface area contributed by atoms with Crippen molar-refractivity contribution in [3.63, 3.8) is 0 Å². The predicted molar refractivity (Wildman–Crippen MR) is 111 cm³/mol. The van der Waals surface area contributed by atoms with Gasteiger partial charge in [0, 0.05) is 12.7 Å². The molecule has 1 N–H and O–H groups in total. The van der Waals surface area contributed by atoms with Gasteiger partial charge in [-0.15, -0.1) is 10.2 Å². The van der Waals surface area contributed by atoms with Crippen LogP contribution in [0.2, 0.25) is 0 Å². The Labute approximate surface area is 166 Å². The summed E-state index contributed by atoms with van der Waals surface area (Å²) in [5.74, 6) is 0.746. The fourth-order valence-electron chi connectivity index (χ4n) is 2.42. The molecule has 0 spiro atoms. The van der Waals surface area contributed by atoms with E-state index in [1.807, 2.05) is 61.5 Å². The maximum absolute atomic E-state index is 12.7. The minimum absolute atomic E-state index is 0.0145. The molecular formula is C19H20N4O2S2. The van der Waals surface area contributed by atoms with Crippen molar-refractivity contribution in [3.05, 3.63) is 54.6 Å². The van der Waals surface area contributed by atoms with E-state index in [-0.39, 0.29) is 11.2 Å². The predicted octanol–water partition coefficient (Wildman–Crippen LogP) is 4.43. The second-order valence-corrected chi connectivity index (χ2v) is 8.26. The van der Waals surface area contributed by atoms with Crippen LogP contribution in [0.15, 0.2) is 58.9 Å². The third kappa shape index (κ3) is 4.78. The Morgan fingerprint density at radius 3 is 2.59 bits per heavy atom. The summed E-state index contributed by atoms with van der Waals surface area (Å²) in [7, 11) is 3.40. The molecule has 2 aromatic carbocycles. The molecule has 1 amide bonds. The number of thioether (sulfide) groups is 1. The van der Waals surface area contributed by atoms with Crippen molar-refractivity contribution in [2.75, 3.05) is 24.4 Å². The highest BCUT2D eigenvalue weighted by atomic mass is 32.2. The number of nitrogens with one attached hydrogen (secondary N) is 1. The molecule has 3 aromatic rings. The molecule has 1 unspecified atom stereocenters. The third-order valence-electron chi connectivity index (χ3n) is 3.85. The average Bonchev–Trinajstić information content (AvgIpc) is 3.14. The van der Waals surface area contributed by atoms with Gasteiger partial charge in [0.15, 0.2) is 4.34 Å². The maximum Gasteiger partial charge on any atom is 0.240 e. The molecule has 0 fully saturated rings. The zero-order chi connectivity index (χ0) is 19.2. The molecule has 0 saturated heterocycles. The van der Waals surface area contributed by atoms with Gasteiger partial charge in [-0.05, 0) is 31.2 Å². The fourth-order valence-corrected chi connectivity index (χ4v) is 4.43. The summed E-state index contributed by atoms with van der Waals surface area (Å²) in [4.78, 5) is 14.3. The van der Waals surface area contributed by atoms with Gasteiger partial charge < -0.3 is 15.0 Å². The van der Waals surface area contributed by atoms with Crippen LogP contribution in [0.25, 0.3) is 0 Å². The third-order valence-corrected chi connectivity index (χ3v) is 5.86. The zero-order valence-corrected chi connectivity index (χ0v) is 16.9. The van der Waals surface area contributed by atoms with Gasteiger partial charge in [0.1, 0.15) is 5.75 Å². The number of amides is 1. The number of hydrogen-bond donors (Lipinski definition) is 1. The Morgan fingerprint density at radius 1 is 1.15 bits per heavy atom. The van der Waals surface area contributed by atoms with Crippen molar-refractivity contribution in [2.45, 2.75) is 16.5 Å². The van der Waals surface area contributed by atoms with Gasteiger partial charge in [-0.1, -0.05) is 53.4 Å². The lowest BCUT2D eigenvalue weighted by atomic mass is 10.3. The van der Waals surface area contributed by atoms with Crippen LogP contribution in [0, 0.1) is 0 Å². The lowest BCUT2D eigenvalue weighted by Crippen LogP contribution is -2.33. The standard InChI is InChI=1S/C19H20N4O2S2/c1-13(17(24)23(2)14-9-5-4-6-10-14)26-19-22-21-18(27-19)20-15-11-7-8-12-16(15)25-3/h4-13H,1-3H3,(H,20,21). The maximum atomic E-state index is 12.7. The summed E-state index contributed by atoms with van der Waals surface area (Å²) < 4.78 is 6.06. The lowest BCUT2D eigenvalue weighted by molar-refractivity contribution is -0.117. The first-order chi connectivity index (χ1) is 13.1. The van der Waals surface area contributed by atoms with E-state index in [9.17, 15) is 4.79 Å². The molecule has 140 valence electrons. The molecule has 0 aliphatic carbocycles. The van der Waals surface area contributed by atoms with E-state index in [0.29, 0.717) is 5.13 Å². The summed E-state index contributed by atoms with van der Waals surface area (Å²) in [5.41, 5.74) is 1.69. The molecule has 3 rings (SSSR count). The van der Waals surface area contributed by atoms with Gasteiger partial charge in [-0.3, -0.25) is 4.79 Å². The Bertz CT molecular complexity index is 901. The largest absolute Gasteiger partial charge is 0.495 e. The minimum Gasteiger partial charge on any atom is -0.495 e. The number of carbonyl (C=O) groups is 1. The van der Waals surface area contributed by atoms with E-state index < -0.39 is 0 Å². The van der Waals surface area contributed by atoms with E-state index >= 15 is 0 Å². The van der Waals surface area contributed by atoms with Crippen LogP contribution in [0.5, 0.6) is 5.75 Å². The first kappa shape index (κ1) is 19.2. The van der Waals surface area contributed by atoms with Crippen LogP contribution in [0.1, 0.15) is 6.92 Å². The molecule has 0 saturated carbocycles. The van der Waals surface area contributed by atoms with Crippen molar-refractivity contribution in [1.82, 2.24) is 10.2 Å². The SMILES string of the molecule is COc1ccccc1Nc1nnc(SC(C)C(=O)N(C)c2ccccc2)s1. The molecule has 1 aromatic heterocycles. The molecule has 0 aliphatic rings. The van der Waals surface area contributed by atoms with Crippen molar-refractivity contribution in [2.24, 2.45) is 0 Å². The number of rotatable bonds is 7. The highest BCUT2D eigenvalue weighted by Crippen LogP contribution is 2.33. The molecule has 0 aliphatic heterocycles. The van der Waals surface area contributed by atoms with Crippen molar-refractivity contribution >= 4 is 45.5 Å².